The van der Waals surface area contributed by atoms with Crippen molar-refractivity contribution < 1.29 is 5.11 Å². The third kappa shape index (κ3) is 3.62. The van der Waals surface area contributed by atoms with Crippen LogP contribution in [0.3, 0.4) is 0 Å². The Kier molecular flexibility index (Phi) is 5.64. The first-order valence-electron chi connectivity index (χ1n) is 6.11. The molecule has 0 fully saturated rings. The summed E-state index contributed by atoms with van der Waals surface area (Å²) in [4.78, 5) is 0. The molecular weight excluding hydrogens is 405 g/mol. The second kappa shape index (κ2) is 7.05. The Bertz CT molecular complexity index is 589. The van der Waals surface area contributed by atoms with Crippen LogP contribution in [-0.4, -0.2) is 11.7 Å². The lowest BCUT2D eigenvalue weighted by atomic mass is 9.89. The number of hydrogen-bond donors (Lipinski definition) is 2. The molecule has 106 valence electrons. The number of rotatable bonds is 4. The van der Waals surface area contributed by atoms with Gasteiger partial charge < -0.3 is 10.8 Å². The maximum absolute atomic E-state index is 10.6. The van der Waals surface area contributed by atoms with Gasteiger partial charge >= 0.3 is 0 Å². The van der Waals surface area contributed by atoms with Gasteiger partial charge in [-0.3, -0.25) is 0 Å². The van der Waals surface area contributed by atoms with Gasteiger partial charge in [0.15, 0.2) is 0 Å². The lowest BCUT2D eigenvalue weighted by molar-refractivity contribution is 0.147. The Hall–Kier alpha value is -0.390. The molecule has 0 saturated carbocycles. The fourth-order valence-corrected chi connectivity index (χ4v) is 3.16. The predicted octanol–water partition coefficient (Wildman–Crippen LogP) is 4.64. The molecule has 20 heavy (non-hydrogen) atoms. The molecule has 2 nitrogen and oxygen atoms in total. The van der Waals surface area contributed by atoms with Crippen molar-refractivity contribution >= 4 is 43.5 Å². The first kappa shape index (κ1) is 16.0. The minimum absolute atomic E-state index is 0.193. The molecule has 0 aliphatic rings. The molecule has 2 atom stereocenters. The summed E-state index contributed by atoms with van der Waals surface area (Å²) in [6, 6.07) is 13.2. The van der Waals surface area contributed by atoms with E-state index < -0.39 is 6.10 Å². The topological polar surface area (TPSA) is 46.2 Å². The monoisotopic (exact) mass is 417 g/mol. The Labute approximate surface area is 140 Å². The molecule has 2 aromatic rings. The maximum Gasteiger partial charge on any atom is 0.0885 e. The summed E-state index contributed by atoms with van der Waals surface area (Å²) in [5.74, 6) is -0.193. The third-order valence-corrected chi connectivity index (χ3v) is 4.56. The summed E-state index contributed by atoms with van der Waals surface area (Å²) in [6.07, 6.45) is -0.734. The normalized spacial score (nSPS) is 14.1. The van der Waals surface area contributed by atoms with Gasteiger partial charge in [0.05, 0.1) is 6.10 Å². The van der Waals surface area contributed by atoms with Crippen molar-refractivity contribution in [3.63, 3.8) is 0 Å². The van der Waals surface area contributed by atoms with Crippen LogP contribution >= 0.6 is 43.5 Å². The minimum atomic E-state index is -0.734. The molecule has 3 N–H and O–H groups in total. The number of halogens is 3. The van der Waals surface area contributed by atoms with Crippen molar-refractivity contribution in [1.82, 2.24) is 0 Å². The molecule has 0 aliphatic carbocycles. The Morgan fingerprint density at radius 2 is 1.65 bits per heavy atom. The first-order valence-corrected chi connectivity index (χ1v) is 8.08. The molecule has 2 unspecified atom stereocenters. The van der Waals surface area contributed by atoms with E-state index in [9.17, 15) is 5.11 Å². The van der Waals surface area contributed by atoms with Gasteiger partial charge in [0.2, 0.25) is 0 Å². The van der Waals surface area contributed by atoms with Gasteiger partial charge in [-0.15, -0.1) is 0 Å². The molecule has 2 aromatic carbocycles. The highest BCUT2D eigenvalue weighted by molar-refractivity contribution is 9.10. The largest absolute Gasteiger partial charge is 0.388 e. The van der Waals surface area contributed by atoms with Crippen molar-refractivity contribution in [2.45, 2.75) is 12.0 Å². The molecule has 0 bridgehead atoms. The number of aliphatic hydroxyl groups excluding tert-OH is 1. The molecular formula is C15H14Br2ClNO. The highest BCUT2D eigenvalue weighted by Gasteiger charge is 2.23. The van der Waals surface area contributed by atoms with Gasteiger partial charge in [-0.05, 0) is 35.4 Å². The zero-order valence-electron chi connectivity index (χ0n) is 10.6. The Morgan fingerprint density at radius 1 is 1.05 bits per heavy atom. The van der Waals surface area contributed by atoms with E-state index in [0.29, 0.717) is 17.1 Å². The smallest absolute Gasteiger partial charge is 0.0885 e. The van der Waals surface area contributed by atoms with Crippen molar-refractivity contribution in [2.24, 2.45) is 5.73 Å². The summed E-state index contributed by atoms with van der Waals surface area (Å²) in [6.45, 7) is 0.342. The van der Waals surface area contributed by atoms with Crippen LogP contribution in [-0.2, 0) is 0 Å². The second-order valence-electron chi connectivity index (χ2n) is 4.50. The van der Waals surface area contributed by atoms with Crippen LogP contribution in [0.2, 0.25) is 5.02 Å². The molecule has 0 aliphatic heterocycles. The average molecular weight is 420 g/mol. The van der Waals surface area contributed by atoms with Crippen LogP contribution in [0.4, 0.5) is 0 Å². The van der Waals surface area contributed by atoms with Crippen molar-refractivity contribution in [1.29, 1.82) is 0 Å². The van der Waals surface area contributed by atoms with Crippen LogP contribution in [0.15, 0.2) is 51.4 Å². The summed E-state index contributed by atoms with van der Waals surface area (Å²) in [5.41, 5.74) is 7.51. The Morgan fingerprint density at radius 3 is 2.20 bits per heavy atom. The van der Waals surface area contributed by atoms with Crippen LogP contribution in [0.5, 0.6) is 0 Å². The summed E-state index contributed by atoms with van der Waals surface area (Å²) >= 11 is 13.0. The van der Waals surface area contributed by atoms with Crippen molar-refractivity contribution in [2.75, 3.05) is 6.54 Å². The molecule has 0 amide bonds. The van der Waals surface area contributed by atoms with E-state index in [-0.39, 0.29) is 5.92 Å². The van der Waals surface area contributed by atoms with Gasteiger partial charge in [0, 0.05) is 26.4 Å². The van der Waals surface area contributed by atoms with Crippen LogP contribution in [0, 0.1) is 0 Å². The number of hydrogen-bond acceptors (Lipinski definition) is 2. The van der Waals surface area contributed by atoms with Gasteiger partial charge in [0.25, 0.3) is 0 Å². The van der Waals surface area contributed by atoms with Crippen LogP contribution < -0.4 is 5.73 Å². The molecule has 5 heteroatoms. The molecule has 2 rings (SSSR count). The first-order chi connectivity index (χ1) is 9.52. The lowest BCUT2D eigenvalue weighted by Crippen LogP contribution is -2.20. The number of benzene rings is 2. The van der Waals surface area contributed by atoms with E-state index in [1.165, 1.54) is 0 Å². The maximum atomic E-state index is 10.6. The van der Waals surface area contributed by atoms with Gasteiger partial charge in [-0.1, -0.05) is 61.7 Å². The summed E-state index contributed by atoms with van der Waals surface area (Å²) < 4.78 is 1.87. The number of nitrogens with two attached hydrogens (primary N) is 1. The number of aliphatic hydroxyl groups is 1. The predicted molar refractivity (Wildman–Crippen MR) is 90.0 cm³/mol. The molecule has 0 saturated heterocycles. The molecule has 0 aromatic heterocycles. The van der Waals surface area contributed by atoms with E-state index >= 15 is 0 Å². The highest BCUT2D eigenvalue weighted by Crippen LogP contribution is 2.35. The van der Waals surface area contributed by atoms with Crippen LogP contribution in [0.25, 0.3) is 0 Å². The minimum Gasteiger partial charge on any atom is -0.388 e. The summed E-state index contributed by atoms with van der Waals surface area (Å²) in [7, 11) is 0. The standard InChI is InChI=1S/C15H14Br2ClNO/c16-10-3-1-9(2-4-10)13(8-19)15(20)12-6-5-11(17)7-14(12)18/h1-7,13,15,20H,8,19H2. The second-order valence-corrected chi connectivity index (χ2v) is 6.74. The molecule has 0 spiro atoms. The zero-order chi connectivity index (χ0) is 14.7. The quantitative estimate of drug-likeness (QED) is 0.758. The SMILES string of the molecule is NCC(c1ccc(Br)cc1)C(O)c1ccc(Br)cc1Cl. The fourth-order valence-electron chi connectivity index (χ4n) is 2.12. The van der Waals surface area contributed by atoms with E-state index in [0.717, 1.165) is 14.5 Å². The van der Waals surface area contributed by atoms with Gasteiger partial charge in [-0.25, -0.2) is 0 Å². The molecule has 0 heterocycles. The lowest BCUT2D eigenvalue weighted by Gasteiger charge is -2.23. The van der Waals surface area contributed by atoms with Crippen LogP contribution in [0.1, 0.15) is 23.1 Å². The average Bonchev–Trinajstić information content (AvgIpc) is 2.41. The van der Waals surface area contributed by atoms with E-state index in [4.69, 9.17) is 17.3 Å². The zero-order valence-corrected chi connectivity index (χ0v) is 14.5. The van der Waals surface area contributed by atoms with Crippen molar-refractivity contribution in [3.05, 3.63) is 67.6 Å². The Balaban J connectivity index is 2.33. The highest BCUT2D eigenvalue weighted by atomic mass is 79.9. The van der Waals surface area contributed by atoms with E-state index in [1.54, 1.807) is 6.07 Å². The van der Waals surface area contributed by atoms with Gasteiger partial charge in [0.1, 0.15) is 0 Å². The van der Waals surface area contributed by atoms with Crippen molar-refractivity contribution in [3.8, 4) is 0 Å². The third-order valence-electron chi connectivity index (χ3n) is 3.21. The molecule has 0 radical (unpaired) electrons. The summed E-state index contributed by atoms with van der Waals surface area (Å²) in [5, 5.41) is 11.1. The fraction of sp³-hybridized carbons (Fsp3) is 0.200. The van der Waals surface area contributed by atoms with E-state index in [2.05, 4.69) is 31.9 Å². The van der Waals surface area contributed by atoms with E-state index in [1.807, 2.05) is 36.4 Å². The van der Waals surface area contributed by atoms with Gasteiger partial charge in [-0.2, -0.15) is 0 Å².